The Hall–Kier alpha value is -1.73. The van der Waals surface area contributed by atoms with Crippen LogP contribution >= 0.6 is 11.3 Å². The molecule has 0 aliphatic carbocycles. The van der Waals surface area contributed by atoms with Crippen LogP contribution in [0.4, 0.5) is 0 Å². The van der Waals surface area contributed by atoms with E-state index in [1.807, 2.05) is 13.2 Å². The SMILES string of the molecule is Cn1cc(-c2nc(C(=O)N3CC[C@@H](O)C3)cs2)cn1. The fourth-order valence-corrected chi connectivity index (χ4v) is 2.89. The Morgan fingerprint density at radius 1 is 1.58 bits per heavy atom. The van der Waals surface area contributed by atoms with Crippen molar-refractivity contribution in [2.45, 2.75) is 12.5 Å². The number of hydrogen-bond acceptors (Lipinski definition) is 5. The molecule has 2 aromatic rings. The van der Waals surface area contributed by atoms with Crippen molar-refractivity contribution in [2.24, 2.45) is 7.05 Å². The average molecular weight is 278 g/mol. The molecule has 0 bridgehead atoms. The molecule has 3 rings (SSSR count). The van der Waals surface area contributed by atoms with Crippen molar-refractivity contribution >= 4 is 17.2 Å². The highest BCUT2D eigenvalue weighted by Crippen LogP contribution is 2.24. The second-order valence-corrected chi connectivity index (χ2v) is 5.49. The van der Waals surface area contributed by atoms with Gasteiger partial charge in [0.15, 0.2) is 0 Å². The van der Waals surface area contributed by atoms with E-state index in [0.29, 0.717) is 25.2 Å². The van der Waals surface area contributed by atoms with E-state index in [2.05, 4.69) is 10.1 Å². The Labute approximate surface area is 114 Å². The van der Waals surface area contributed by atoms with Gasteiger partial charge in [0, 0.05) is 37.3 Å². The van der Waals surface area contributed by atoms with Gasteiger partial charge in [-0.15, -0.1) is 11.3 Å². The number of carbonyl (C=O) groups excluding carboxylic acids is 1. The molecule has 0 unspecified atom stereocenters. The molecule has 100 valence electrons. The number of thiazole rings is 1. The molecular formula is C12H14N4O2S. The number of β-amino-alcohol motifs (C(OH)–C–C–N with tert-alkyl or cyclic N) is 1. The smallest absolute Gasteiger partial charge is 0.273 e. The molecule has 1 amide bonds. The summed E-state index contributed by atoms with van der Waals surface area (Å²) in [6, 6.07) is 0. The summed E-state index contributed by atoms with van der Waals surface area (Å²) in [7, 11) is 1.84. The second kappa shape index (κ2) is 4.75. The molecular weight excluding hydrogens is 264 g/mol. The molecule has 1 fully saturated rings. The monoisotopic (exact) mass is 278 g/mol. The zero-order valence-corrected chi connectivity index (χ0v) is 11.3. The first-order chi connectivity index (χ1) is 9.13. The van der Waals surface area contributed by atoms with Gasteiger partial charge in [0.1, 0.15) is 10.7 Å². The van der Waals surface area contributed by atoms with Crippen LogP contribution in [0.3, 0.4) is 0 Å². The van der Waals surface area contributed by atoms with Gasteiger partial charge in [0.2, 0.25) is 0 Å². The van der Waals surface area contributed by atoms with Gasteiger partial charge in [0.05, 0.1) is 12.3 Å². The van der Waals surface area contributed by atoms with Crippen LogP contribution in [0, 0.1) is 0 Å². The van der Waals surface area contributed by atoms with Crippen molar-refractivity contribution in [3.05, 3.63) is 23.5 Å². The third kappa shape index (κ3) is 2.39. The van der Waals surface area contributed by atoms with E-state index in [9.17, 15) is 9.90 Å². The van der Waals surface area contributed by atoms with E-state index in [0.717, 1.165) is 10.6 Å². The number of aryl methyl sites for hydroxylation is 1. The Bertz CT molecular complexity index is 606. The lowest BCUT2D eigenvalue weighted by Gasteiger charge is -2.13. The standard InChI is InChI=1S/C12H14N4O2S/c1-15-5-8(4-13-15)11-14-10(7-19-11)12(18)16-3-2-9(17)6-16/h4-5,7,9,17H,2-3,6H2,1H3/t9-/m1/s1. The van der Waals surface area contributed by atoms with Crippen LogP contribution in [-0.2, 0) is 7.05 Å². The lowest BCUT2D eigenvalue weighted by atomic mass is 10.3. The molecule has 1 N–H and O–H groups in total. The van der Waals surface area contributed by atoms with Crippen molar-refractivity contribution in [3.63, 3.8) is 0 Å². The summed E-state index contributed by atoms with van der Waals surface area (Å²) in [6.45, 7) is 0.998. The van der Waals surface area contributed by atoms with Crippen LogP contribution in [0.25, 0.3) is 10.6 Å². The quantitative estimate of drug-likeness (QED) is 0.880. The number of carbonyl (C=O) groups is 1. The van der Waals surface area contributed by atoms with E-state index in [1.54, 1.807) is 21.2 Å². The van der Waals surface area contributed by atoms with Crippen molar-refractivity contribution in [1.29, 1.82) is 0 Å². The molecule has 6 nitrogen and oxygen atoms in total. The Morgan fingerprint density at radius 3 is 3.05 bits per heavy atom. The largest absolute Gasteiger partial charge is 0.391 e. The first-order valence-corrected chi connectivity index (χ1v) is 6.93. The number of aliphatic hydroxyl groups is 1. The van der Waals surface area contributed by atoms with E-state index in [1.165, 1.54) is 11.3 Å². The molecule has 0 radical (unpaired) electrons. The second-order valence-electron chi connectivity index (χ2n) is 4.63. The van der Waals surface area contributed by atoms with Crippen molar-refractivity contribution in [2.75, 3.05) is 13.1 Å². The van der Waals surface area contributed by atoms with Gasteiger partial charge in [-0.3, -0.25) is 9.48 Å². The molecule has 19 heavy (non-hydrogen) atoms. The normalized spacial score (nSPS) is 19.1. The lowest BCUT2D eigenvalue weighted by Crippen LogP contribution is -2.29. The van der Waals surface area contributed by atoms with E-state index in [4.69, 9.17) is 0 Å². The highest BCUT2D eigenvalue weighted by atomic mass is 32.1. The number of rotatable bonds is 2. The summed E-state index contributed by atoms with van der Waals surface area (Å²) in [5.41, 5.74) is 1.35. The Balaban J connectivity index is 1.79. The summed E-state index contributed by atoms with van der Waals surface area (Å²) < 4.78 is 1.70. The number of nitrogens with zero attached hydrogens (tertiary/aromatic N) is 4. The minimum absolute atomic E-state index is 0.108. The van der Waals surface area contributed by atoms with Crippen molar-refractivity contribution in [3.8, 4) is 10.6 Å². The molecule has 1 aliphatic heterocycles. The van der Waals surface area contributed by atoms with Crippen LogP contribution < -0.4 is 0 Å². The molecule has 1 saturated heterocycles. The first kappa shape index (κ1) is 12.3. The number of likely N-dealkylation sites (tertiary alicyclic amines) is 1. The maximum atomic E-state index is 12.2. The van der Waals surface area contributed by atoms with Crippen LogP contribution in [0.15, 0.2) is 17.8 Å². The van der Waals surface area contributed by atoms with Gasteiger partial charge in [-0.2, -0.15) is 5.10 Å². The minimum atomic E-state index is -0.402. The van der Waals surface area contributed by atoms with E-state index >= 15 is 0 Å². The fraction of sp³-hybridized carbons (Fsp3) is 0.417. The predicted octanol–water partition coefficient (Wildman–Crippen LogP) is 0.750. The molecule has 0 saturated carbocycles. The average Bonchev–Trinajstić information content (AvgIpc) is 3.07. The van der Waals surface area contributed by atoms with Crippen LogP contribution in [0.2, 0.25) is 0 Å². The van der Waals surface area contributed by atoms with Gasteiger partial charge >= 0.3 is 0 Å². The maximum Gasteiger partial charge on any atom is 0.273 e. The number of amides is 1. The summed E-state index contributed by atoms with van der Waals surface area (Å²) in [6.07, 6.45) is 3.84. The fourth-order valence-electron chi connectivity index (χ4n) is 2.12. The van der Waals surface area contributed by atoms with Gasteiger partial charge in [-0.25, -0.2) is 4.98 Å². The summed E-state index contributed by atoms with van der Waals surface area (Å²) >= 11 is 1.43. The van der Waals surface area contributed by atoms with Gasteiger partial charge in [-0.1, -0.05) is 0 Å². The Kier molecular flexibility index (Phi) is 3.08. The summed E-state index contributed by atoms with van der Waals surface area (Å²) in [4.78, 5) is 18.2. The van der Waals surface area contributed by atoms with Gasteiger partial charge in [0.25, 0.3) is 5.91 Å². The van der Waals surface area contributed by atoms with Crippen LogP contribution in [-0.4, -0.2) is 49.9 Å². The van der Waals surface area contributed by atoms with Gasteiger partial charge < -0.3 is 10.0 Å². The van der Waals surface area contributed by atoms with Gasteiger partial charge in [-0.05, 0) is 6.42 Å². The first-order valence-electron chi connectivity index (χ1n) is 6.05. The van der Waals surface area contributed by atoms with Crippen LogP contribution in [0.1, 0.15) is 16.9 Å². The zero-order valence-electron chi connectivity index (χ0n) is 10.5. The number of aromatic nitrogens is 3. The van der Waals surface area contributed by atoms with Crippen molar-refractivity contribution in [1.82, 2.24) is 19.7 Å². The number of aliphatic hydroxyl groups excluding tert-OH is 1. The van der Waals surface area contributed by atoms with E-state index in [-0.39, 0.29) is 5.91 Å². The maximum absolute atomic E-state index is 12.2. The predicted molar refractivity (Wildman–Crippen MR) is 70.8 cm³/mol. The summed E-state index contributed by atoms with van der Waals surface area (Å²) in [5, 5.41) is 16.1. The molecule has 0 aromatic carbocycles. The number of hydrogen-bond donors (Lipinski definition) is 1. The van der Waals surface area contributed by atoms with Crippen molar-refractivity contribution < 1.29 is 9.90 Å². The zero-order chi connectivity index (χ0) is 13.4. The lowest BCUT2D eigenvalue weighted by molar-refractivity contribution is 0.0760. The molecule has 1 aliphatic rings. The molecule has 2 aromatic heterocycles. The molecule has 3 heterocycles. The third-order valence-corrected chi connectivity index (χ3v) is 4.02. The highest BCUT2D eigenvalue weighted by molar-refractivity contribution is 7.13. The Morgan fingerprint density at radius 2 is 2.42 bits per heavy atom. The minimum Gasteiger partial charge on any atom is -0.391 e. The molecule has 0 spiro atoms. The highest BCUT2D eigenvalue weighted by Gasteiger charge is 2.26. The third-order valence-electron chi connectivity index (χ3n) is 3.13. The van der Waals surface area contributed by atoms with Crippen LogP contribution in [0.5, 0.6) is 0 Å². The topological polar surface area (TPSA) is 71.2 Å². The molecule has 7 heteroatoms. The van der Waals surface area contributed by atoms with E-state index < -0.39 is 6.10 Å². The molecule has 1 atom stereocenters. The summed E-state index contributed by atoms with van der Waals surface area (Å²) in [5.74, 6) is -0.108.